The molecule has 0 bridgehead atoms. The molecule has 1 N–H and O–H groups in total. The monoisotopic (exact) mass is 214 g/mol. The van der Waals surface area contributed by atoms with E-state index in [0.29, 0.717) is 11.1 Å². The molecule has 3 nitrogen and oxygen atoms in total. The van der Waals surface area contributed by atoms with Crippen LogP contribution < -0.4 is 0 Å². The fraction of sp³-hybridized carbons (Fsp3) is 0.0769. The zero-order chi connectivity index (χ0) is 11.5. The molecule has 80 valence electrons. The van der Waals surface area contributed by atoms with E-state index >= 15 is 0 Å². The van der Waals surface area contributed by atoms with Crippen molar-refractivity contribution in [3.05, 3.63) is 47.5 Å². The number of aliphatic carboxylic acids is 1. The van der Waals surface area contributed by atoms with E-state index in [1.807, 2.05) is 30.3 Å². The van der Waals surface area contributed by atoms with Crippen LogP contribution in [0.4, 0.5) is 0 Å². The van der Waals surface area contributed by atoms with Crippen LogP contribution in [0.25, 0.3) is 10.8 Å². The molecular formula is C13H10O3. The summed E-state index contributed by atoms with van der Waals surface area (Å²) in [7, 11) is 0. The van der Waals surface area contributed by atoms with Crippen LogP contribution in [0.5, 0.6) is 0 Å². The molecule has 0 heterocycles. The minimum Gasteiger partial charge on any atom is -0.481 e. The van der Waals surface area contributed by atoms with Gasteiger partial charge in [0, 0.05) is 5.56 Å². The zero-order valence-corrected chi connectivity index (χ0v) is 8.51. The van der Waals surface area contributed by atoms with Crippen LogP contribution >= 0.6 is 0 Å². The third-order valence-electron chi connectivity index (χ3n) is 2.52. The molecule has 3 heteroatoms. The topological polar surface area (TPSA) is 54.4 Å². The van der Waals surface area contributed by atoms with Crippen LogP contribution in [0.15, 0.2) is 36.4 Å². The van der Waals surface area contributed by atoms with E-state index < -0.39 is 5.97 Å². The molecule has 2 aromatic carbocycles. The fourth-order valence-electron chi connectivity index (χ4n) is 1.80. The van der Waals surface area contributed by atoms with E-state index in [1.54, 1.807) is 6.07 Å². The smallest absolute Gasteiger partial charge is 0.307 e. The van der Waals surface area contributed by atoms with Crippen molar-refractivity contribution >= 4 is 23.0 Å². The molecule has 0 atom stereocenters. The Labute approximate surface area is 92.3 Å². The second-order valence-corrected chi connectivity index (χ2v) is 3.55. The van der Waals surface area contributed by atoms with Gasteiger partial charge in [-0.1, -0.05) is 36.4 Å². The van der Waals surface area contributed by atoms with Crippen molar-refractivity contribution in [3.63, 3.8) is 0 Å². The molecule has 0 aliphatic carbocycles. The highest BCUT2D eigenvalue weighted by atomic mass is 16.4. The molecule has 0 aliphatic heterocycles. The average molecular weight is 214 g/mol. The second-order valence-electron chi connectivity index (χ2n) is 3.55. The summed E-state index contributed by atoms with van der Waals surface area (Å²) in [6.45, 7) is 0. The van der Waals surface area contributed by atoms with E-state index in [0.717, 1.165) is 17.1 Å². The third-order valence-corrected chi connectivity index (χ3v) is 2.52. The maximum Gasteiger partial charge on any atom is 0.307 e. The number of benzene rings is 2. The second kappa shape index (κ2) is 4.14. The Hall–Kier alpha value is -2.16. The van der Waals surface area contributed by atoms with E-state index in [-0.39, 0.29) is 6.42 Å². The van der Waals surface area contributed by atoms with Gasteiger partial charge in [-0.2, -0.15) is 0 Å². The number of carbonyl (C=O) groups is 2. The standard InChI is InChI=1S/C13H10O3/c14-8-12-10(7-13(15)16)6-5-9-3-1-2-4-11(9)12/h1-6,8H,7H2,(H,15,16). The lowest BCUT2D eigenvalue weighted by Crippen LogP contribution is -2.03. The van der Waals surface area contributed by atoms with Gasteiger partial charge in [0.25, 0.3) is 0 Å². The van der Waals surface area contributed by atoms with Gasteiger partial charge in [-0.25, -0.2) is 0 Å². The van der Waals surface area contributed by atoms with Gasteiger partial charge in [0.2, 0.25) is 0 Å². The van der Waals surface area contributed by atoms with Crippen molar-refractivity contribution in [2.45, 2.75) is 6.42 Å². The summed E-state index contributed by atoms with van der Waals surface area (Å²) in [5.41, 5.74) is 1.03. The summed E-state index contributed by atoms with van der Waals surface area (Å²) in [6, 6.07) is 11.0. The Balaban J connectivity index is 2.67. The lowest BCUT2D eigenvalue weighted by molar-refractivity contribution is -0.136. The van der Waals surface area contributed by atoms with E-state index in [4.69, 9.17) is 5.11 Å². The number of carbonyl (C=O) groups excluding carboxylic acids is 1. The molecule has 0 unspecified atom stereocenters. The molecule has 0 spiro atoms. The Bertz CT molecular complexity index is 558. The van der Waals surface area contributed by atoms with Crippen LogP contribution in [-0.4, -0.2) is 17.4 Å². The van der Waals surface area contributed by atoms with Gasteiger partial charge in [0.05, 0.1) is 6.42 Å². The highest BCUT2D eigenvalue weighted by molar-refractivity contribution is 6.00. The van der Waals surface area contributed by atoms with Gasteiger partial charge in [-0.15, -0.1) is 0 Å². The maximum absolute atomic E-state index is 11.0. The Morgan fingerprint density at radius 2 is 1.94 bits per heavy atom. The van der Waals surface area contributed by atoms with Gasteiger partial charge >= 0.3 is 5.97 Å². The molecule has 0 radical (unpaired) electrons. The van der Waals surface area contributed by atoms with Crippen LogP contribution in [0.2, 0.25) is 0 Å². The number of carboxylic acid groups (broad SMARTS) is 1. The number of aldehydes is 1. The molecule has 0 saturated carbocycles. The summed E-state index contributed by atoms with van der Waals surface area (Å²) in [6.07, 6.45) is 0.597. The first kappa shape index (κ1) is 10.4. The van der Waals surface area contributed by atoms with Crippen molar-refractivity contribution < 1.29 is 14.7 Å². The van der Waals surface area contributed by atoms with Crippen LogP contribution in [0, 0.1) is 0 Å². The van der Waals surface area contributed by atoms with E-state index in [9.17, 15) is 9.59 Å². The van der Waals surface area contributed by atoms with Gasteiger partial charge < -0.3 is 5.11 Å². The predicted molar refractivity (Wildman–Crippen MR) is 60.7 cm³/mol. The minimum absolute atomic E-state index is 0.126. The summed E-state index contributed by atoms with van der Waals surface area (Å²) in [5, 5.41) is 10.5. The lowest BCUT2D eigenvalue weighted by Gasteiger charge is -2.06. The first-order valence-corrected chi connectivity index (χ1v) is 4.90. The maximum atomic E-state index is 11.0. The van der Waals surface area contributed by atoms with Crippen LogP contribution in [0.3, 0.4) is 0 Å². The quantitative estimate of drug-likeness (QED) is 0.797. The molecule has 0 aromatic heterocycles. The number of hydrogen-bond acceptors (Lipinski definition) is 2. The highest BCUT2D eigenvalue weighted by Crippen LogP contribution is 2.21. The average Bonchev–Trinajstić information content (AvgIpc) is 2.28. The number of hydrogen-bond donors (Lipinski definition) is 1. The molecule has 2 aromatic rings. The minimum atomic E-state index is -0.932. The Morgan fingerprint density at radius 3 is 2.62 bits per heavy atom. The Kier molecular flexibility index (Phi) is 2.68. The lowest BCUT2D eigenvalue weighted by atomic mass is 9.98. The zero-order valence-electron chi connectivity index (χ0n) is 8.51. The van der Waals surface area contributed by atoms with E-state index in [1.165, 1.54) is 0 Å². The fourth-order valence-corrected chi connectivity index (χ4v) is 1.80. The summed E-state index contributed by atoms with van der Waals surface area (Å²) in [5.74, 6) is -0.932. The van der Waals surface area contributed by atoms with Gasteiger partial charge in [0.15, 0.2) is 6.29 Å². The molecule has 0 amide bonds. The number of fused-ring (bicyclic) bond motifs is 1. The predicted octanol–water partition coefficient (Wildman–Crippen LogP) is 2.28. The first-order valence-electron chi connectivity index (χ1n) is 4.90. The van der Waals surface area contributed by atoms with Crippen molar-refractivity contribution in [2.75, 3.05) is 0 Å². The van der Waals surface area contributed by atoms with Crippen molar-refractivity contribution in [2.24, 2.45) is 0 Å². The molecule has 2 rings (SSSR count). The first-order chi connectivity index (χ1) is 7.72. The largest absolute Gasteiger partial charge is 0.481 e. The molecule has 16 heavy (non-hydrogen) atoms. The van der Waals surface area contributed by atoms with Gasteiger partial charge in [-0.05, 0) is 16.3 Å². The molecule has 0 fully saturated rings. The van der Waals surface area contributed by atoms with E-state index in [2.05, 4.69) is 0 Å². The van der Waals surface area contributed by atoms with Crippen molar-refractivity contribution in [1.82, 2.24) is 0 Å². The normalized spacial score (nSPS) is 10.2. The number of rotatable bonds is 3. The SMILES string of the molecule is O=Cc1c(CC(=O)O)ccc2ccccc12. The highest BCUT2D eigenvalue weighted by Gasteiger charge is 2.09. The van der Waals surface area contributed by atoms with Gasteiger partial charge in [-0.3, -0.25) is 9.59 Å². The summed E-state index contributed by atoms with van der Waals surface area (Å²) in [4.78, 5) is 21.7. The van der Waals surface area contributed by atoms with Crippen LogP contribution in [-0.2, 0) is 11.2 Å². The van der Waals surface area contributed by atoms with Crippen molar-refractivity contribution in [1.29, 1.82) is 0 Å². The molecule has 0 saturated heterocycles. The van der Waals surface area contributed by atoms with Gasteiger partial charge in [0.1, 0.15) is 0 Å². The van der Waals surface area contributed by atoms with Crippen LogP contribution in [0.1, 0.15) is 15.9 Å². The number of carboxylic acids is 1. The molecule has 0 aliphatic rings. The summed E-state index contributed by atoms with van der Waals surface area (Å²) >= 11 is 0. The van der Waals surface area contributed by atoms with Crippen molar-refractivity contribution in [3.8, 4) is 0 Å². The molecular weight excluding hydrogens is 204 g/mol. The Morgan fingerprint density at radius 1 is 1.19 bits per heavy atom. The third kappa shape index (κ3) is 1.80. The summed E-state index contributed by atoms with van der Waals surface area (Å²) < 4.78 is 0.